The molecule has 2 heterocycles. The molecule has 1 N–H and O–H groups in total. The Morgan fingerprint density at radius 3 is 2.44 bits per heavy atom. The van der Waals surface area contributed by atoms with E-state index >= 15 is 0 Å². The van der Waals surface area contributed by atoms with E-state index in [1.807, 2.05) is 25.1 Å². The van der Waals surface area contributed by atoms with Crippen LogP contribution in [0.15, 0.2) is 70.4 Å². The molecule has 1 saturated heterocycles. The van der Waals surface area contributed by atoms with Crippen molar-refractivity contribution in [2.75, 3.05) is 18.4 Å². The molecule has 4 rings (SSSR count). The van der Waals surface area contributed by atoms with Gasteiger partial charge < -0.3 is 5.32 Å². The largest absolute Gasteiger partial charge is 0.324 e. The van der Waals surface area contributed by atoms with E-state index in [0.29, 0.717) is 42.0 Å². The number of nitrogens with one attached hydrogen (secondary N) is 1. The molecule has 0 radical (unpaired) electrons. The SMILES string of the molecule is CC[C@H](C(=O)Nc1ccccc1)n1nc(-c2ccc(C)c(S(=O)(=O)N3CCCC3)c2)ccc1=O. The monoisotopic (exact) mass is 480 g/mol. The second-order valence-electron chi connectivity index (χ2n) is 8.37. The Balaban J connectivity index is 1.69. The topological polar surface area (TPSA) is 101 Å². The Kier molecular flexibility index (Phi) is 6.95. The predicted molar refractivity (Wildman–Crippen MR) is 131 cm³/mol. The van der Waals surface area contributed by atoms with Crippen molar-refractivity contribution in [3.05, 3.63) is 76.6 Å². The van der Waals surface area contributed by atoms with E-state index in [-0.39, 0.29) is 10.8 Å². The fourth-order valence-electron chi connectivity index (χ4n) is 4.12. The quantitative estimate of drug-likeness (QED) is 0.557. The van der Waals surface area contributed by atoms with Crippen LogP contribution in [0, 0.1) is 6.92 Å². The molecule has 1 amide bonds. The van der Waals surface area contributed by atoms with E-state index in [2.05, 4.69) is 10.4 Å². The fraction of sp³-hybridized carbons (Fsp3) is 0.320. The number of amides is 1. The van der Waals surface area contributed by atoms with Crippen LogP contribution in [0.4, 0.5) is 5.69 Å². The van der Waals surface area contributed by atoms with E-state index in [9.17, 15) is 18.0 Å². The molecule has 9 heteroatoms. The highest BCUT2D eigenvalue weighted by atomic mass is 32.2. The van der Waals surface area contributed by atoms with E-state index in [0.717, 1.165) is 12.8 Å². The van der Waals surface area contributed by atoms with Gasteiger partial charge in [0.05, 0.1) is 10.6 Å². The van der Waals surface area contributed by atoms with Crippen molar-refractivity contribution < 1.29 is 13.2 Å². The number of hydrogen-bond acceptors (Lipinski definition) is 5. The highest BCUT2D eigenvalue weighted by Crippen LogP contribution is 2.28. The molecule has 0 aliphatic carbocycles. The lowest BCUT2D eigenvalue weighted by atomic mass is 10.1. The second kappa shape index (κ2) is 9.90. The van der Waals surface area contributed by atoms with Crippen LogP contribution >= 0.6 is 0 Å². The lowest BCUT2D eigenvalue weighted by molar-refractivity contribution is -0.119. The second-order valence-corrected chi connectivity index (χ2v) is 10.3. The van der Waals surface area contributed by atoms with Crippen molar-refractivity contribution in [2.24, 2.45) is 0 Å². The van der Waals surface area contributed by atoms with Gasteiger partial charge in [0, 0.05) is 30.4 Å². The Bertz CT molecular complexity index is 1350. The predicted octanol–water partition coefficient (Wildman–Crippen LogP) is 3.59. The third kappa shape index (κ3) is 4.80. The number of aryl methyl sites for hydroxylation is 1. The van der Waals surface area contributed by atoms with Crippen LogP contribution in [0.2, 0.25) is 0 Å². The molecule has 8 nitrogen and oxygen atoms in total. The van der Waals surface area contributed by atoms with Crippen LogP contribution in [-0.2, 0) is 14.8 Å². The number of aromatic nitrogens is 2. The number of nitrogens with zero attached hydrogens (tertiary/aromatic N) is 3. The number of para-hydroxylation sites is 1. The highest BCUT2D eigenvalue weighted by molar-refractivity contribution is 7.89. The number of sulfonamides is 1. The summed E-state index contributed by atoms with van der Waals surface area (Å²) < 4.78 is 29.0. The van der Waals surface area contributed by atoms with Gasteiger partial charge in [0.1, 0.15) is 6.04 Å². The Hall–Kier alpha value is -3.30. The summed E-state index contributed by atoms with van der Waals surface area (Å²) >= 11 is 0. The lowest BCUT2D eigenvalue weighted by Gasteiger charge is -2.19. The molecule has 1 aliphatic heterocycles. The first kappa shape index (κ1) is 23.8. The summed E-state index contributed by atoms with van der Waals surface area (Å²) in [7, 11) is -3.61. The van der Waals surface area contributed by atoms with Crippen molar-refractivity contribution in [2.45, 2.75) is 44.0 Å². The molecule has 2 aromatic carbocycles. The average molecular weight is 481 g/mol. The third-order valence-corrected chi connectivity index (χ3v) is 8.06. The first-order chi connectivity index (χ1) is 16.3. The summed E-state index contributed by atoms with van der Waals surface area (Å²) in [6.07, 6.45) is 2.07. The van der Waals surface area contributed by atoms with Crippen molar-refractivity contribution in [1.82, 2.24) is 14.1 Å². The highest BCUT2D eigenvalue weighted by Gasteiger charge is 2.29. The molecule has 1 fully saturated rings. The molecule has 0 bridgehead atoms. The van der Waals surface area contributed by atoms with Crippen LogP contribution in [0.1, 0.15) is 37.8 Å². The zero-order valence-corrected chi connectivity index (χ0v) is 20.1. The summed E-state index contributed by atoms with van der Waals surface area (Å²) in [6, 6.07) is 16.2. The van der Waals surface area contributed by atoms with Gasteiger partial charge in [-0.3, -0.25) is 9.59 Å². The smallest absolute Gasteiger partial charge is 0.267 e. The van der Waals surface area contributed by atoms with Crippen LogP contribution in [0.25, 0.3) is 11.3 Å². The molecule has 1 aliphatic rings. The van der Waals surface area contributed by atoms with E-state index < -0.39 is 21.6 Å². The standard InChI is InChI=1S/C25H28N4O4S/c1-3-22(25(31)26-20-9-5-4-6-10-20)29-24(30)14-13-21(27-29)19-12-11-18(2)23(17-19)34(32,33)28-15-7-8-16-28/h4-6,9-14,17,22H,3,7-8,15-16H2,1-2H3,(H,26,31)/t22-/m1/s1. The average Bonchev–Trinajstić information content (AvgIpc) is 3.38. The van der Waals surface area contributed by atoms with Crippen LogP contribution in [0.3, 0.4) is 0 Å². The minimum absolute atomic E-state index is 0.236. The third-order valence-electron chi connectivity index (χ3n) is 6.02. The maximum absolute atomic E-state index is 13.2. The van der Waals surface area contributed by atoms with Gasteiger partial charge in [-0.05, 0) is 56.0 Å². The molecule has 3 aromatic rings. The van der Waals surface area contributed by atoms with Crippen LogP contribution < -0.4 is 10.9 Å². The number of benzene rings is 2. The number of carbonyl (C=O) groups excluding carboxylic acids is 1. The van der Waals surface area contributed by atoms with Gasteiger partial charge in [0.25, 0.3) is 5.56 Å². The van der Waals surface area contributed by atoms with Gasteiger partial charge in [-0.2, -0.15) is 9.40 Å². The minimum atomic E-state index is -3.61. The van der Waals surface area contributed by atoms with Gasteiger partial charge in [0.2, 0.25) is 15.9 Å². The number of anilines is 1. The summed E-state index contributed by atoms with van der Waals surface area (Å²) in [5.74, 6) is -0.346. The van der Waals surface area contributed by atoms with Crippen molar-refractivity contribution in [3.8, 4) is 11.3 Å². The summed E-state index contributed by atoms with van der Waals surface area (Å²) in [5.41, 5.74) is 1.86. The number of rotatable bonds is 7. The summed E-state index contributed by atoms with van der Waals surface area (Å²) in [6.45, 7) is 4.61. The van der Waals surface area contributed by atoms with Gasteiger partial charge in [-0.15, -0.1) is 0 Å². The molecule has 178 valence electrons. The summed E-state index contributed by atoms with van der Waals surface area (Å²) in [5, 5.41) is 7.28. The van der Waals surface area contributed by atoms with Crippen LogP contribution in [-0.4, -0.2) is 41.5 Å². The van der Waals surface area contributed by atoms with Gasteiger partial charge in [0.15, 0.2) is 0 Å². The van der Waals surface area contributed by atoms with Crippen molar-refractivity contribution in [1.29, 1.82) is 0 Å². The van der Waals surface area contributed by atoms with E-state index in [1.165, 1.54) is 15.1 Å². The minimum Gasteiger partial charge on any atom is -0.324 e. The zero-order valence-electron chi connectivity index (χ0n) is 19.3. The first-order valence-electron chi connectivity index (χ1n) is 11.4. The maximum atomic E-state index is 13.2. The van der Waals surface area contributed by atoms with Crippen LogP contribution in [0.5, 0.6) is 0 Å². The van der Waals surface area contributed by atoms with Gasteiger partial charge in [-0.25, -0.2) is 13.1 Å². The summed E-state index contributed by atoms with van der Waals surface area (Å²) in [4.78, 5) is 25.8. The Morgan fingerprint density at radius 2 is 1.76 bits per heavy atom. The molecular formula is C25H28N4O4S. The lowest BCUT2D eigenvalue weighted by Crippen LogP contribution is -2.34. The van der Waals surface area contributed by atoms with E-state index in [1.54, 1.807) is 43.3 Å². The normalized spacial score (nSPS) is 15.2. The Labute approximate surface area is 199 Å². The molecule has 0 saturated carbocycles. The number of hydrogen-bond donors (Lipinski definition) is 1. The van der Waals surface area contributed by atoms with Crippen molar-refractivity contribution in [3.63, 3.8) is 0 Å². The molecular weight excluding hydrogens is 452 g/mol. The molecule has 1 atom stereocenters. The Morgan fingerprint density at radius 1 is 1.06 bits per heavy atom. The maximum Gasteiger partial charge on any atom is 0.267 e. The molecule has 34 heavy (non-hydrogen) atoms. The molecule has 0 unspecified atom stereocenters. The molecule has 0 spiro atoms. The fourth-order valence-corrected chi connectivity index (χ4v) is 5.89. The molecule has 1 aromatic heterocycles. The van der Waals surface area contributed by atoms with E-state index in [4.69, 9.17) is 0 Å². The first-order valence-corrected chi connectivity index (χ1v) is 12.8. The number of carbonyl (C=O) groups is 1. The zero-order chi connectivity index (χ0) is 24.3. The van der Waals surface area contributed by atoms with Crippen molar-refractivity contribution >= 4 is 21.6 Å². The van der Waals surface area contributed by atoms with Gasteiger partial charge >= 0.3 is 0 Å². The van der Waals surface area contributed by atoms with Gasteiger partial charge in [-0.1, -0.05) is 37.3 Å².